The molecule has 2 unspecified atom stereocenters. The third-order valence-electron chi connectivity index (χ3n) is 6.89. The molecular formula is C27H25FN4O6S2. The molecule has 40 heavy (non-hydrogen) atoms. The predicted molar refractivity (Wildman–Crippen MR) is 147 cm³/mol. The smallest absolute Gasteiger partial charge is 0.286 e. The molecule has 2 aliphatic rings. The number of Topliss-reactive ketones (excluding diaryl/α,β-unsaturated/α-hetero) is 1. The van der Waals surface area contributed by atoms with Gasteiger partial charge in [-0.1, -0.05) is 42.5 Å². The van der Waals surface area contributed by atoms with Crippen LogP contribution in [0.25, 0.3) is 0 Å². The molecule has 208 valence electrons. The number of rotatable bonds is 6. The Bertz CT molecular complexity index is 1760. The number of amides is 1. The summed E-state index contributed by atoms with van der Waals surface area (Å²) in [6.07, 6.45) is 0.928. The fourth-order valence-corrected chi connectivity index (χ4v) is 6.69. The summed E-state index contributed by atoms with van der Waals surface area (Å²) in [5.41, 5.74) is 0.106. The number of anilines is 2. The number of nitrogens with zero attached hydrogens (tertiary/aromatic N) is 2. The minimum Gasteiger partial charge on any atom is -0.341 e. The van der Waals surface area contributed by atoms with Crippen molar-refractivity contribution >= 4 is 48.9 Å². The molecule has 0 saturated carbocycles. The van der Waals surface area contributed by atoms with Crippen molar-refractivity contribution in [2.45, 2.75) is 23.8 Å². The average Bonchev–Trinajstić information content (AvgIpc) is 2.88. The number of benzene rings is 3. The van der Waals surface area contributed by atoms with Crippen molar-refractivity contribution in [2.24, 2.45) is 10.3 Å². The Labute approximate surface area is 231 Å². The van der Waals surface area contributed by atoms with E-state index in [9.17, 15) is 30.8 Å². The van der Waals surface area contributed by atoms with Crippen molar-refractivity contribution in [3.8, 4) is 0 Å². The lowest BCUT2D eigenvalue weighted by molar-refractivity contribution is -0.147. The number of likely N-dealkylation sites (tertiary alicyclic amines) is 1. The molecule has 13 heteroatoms. The maximum atomic E-state index is 14.0. The molecule has 0 radical (unpaired) electrons. The van der Waals surface area contributed by atoms with Gasteiger partial charge < -0.3 is 10.2 Å². The third kappa shape index (κ3) is 5.21. The average molecular weight is 585 g/mol. The number of sulfonamides is 2. The van der Waals surface area contributed by atoms with Gasteiger partial charge in [-0.3, -0.25) is 14.3 Å². The minimum atomic E-state index is -4.42. The molecule has 2 N–H and O–H groups in total. The van der Waals surface area contributed by atoms with Gasteiger partial charge in [-0.15, -0.1) is 4.40 Å². The van der Waals surface area contributed by atoms with Crippen LogP contribution in [0, 0.1) is 11.7 Å². The van der Waals surface area contributed by atoms with Crippen LogP contribution < -0.4 is 10.0 Å². The lowest BCUT2D eigenvalue weighted by Gasteiger charge is -2.43. The Hall–Kier alpha value is -4.10. The van der Waals surface area contributed by atoms with Crippen molar-refractivity contribution < 1.29 is 30.8 Å². The molecule has 10 nitrogen and oxygen atoms in total. The molecule has 1 saturated heterocycles. The first-order valence-electron chi connectivity index (χ1n) is 12.1. The van der Waals surface area contributed by atoms with Crippen LogP contribution in [0.4, 0.5) is 15.8 Å². The van der Waals surface area contributed by atoms with E-state index >= 15 is 0 Å². The van der Waals surface area contributed by atoms with Crippen molar-refractivity contribution in [3.63, 3.8) is 0 Å². The Kier molecular flexibility index (Phi) is 6.74. The van der Waals surface area contributed by atoms with Gasteiger partial charge >= 0.3 is 0 Å². The Balaban J connectivity index is 1.57. The summed E-state index contributed by atoms with van der Waals surface area (Å²) in [6, 6.07) is 18.3. The van der Waals surface area contributed by atoms with Crippen molar-refractivity contribution in [3.05, 3.63) is 89.7 Å². The normalized spacial score (nSPS) is 22.2. The highest BCUT2D eigenvalue weighted by atomic mass is 32.2. The van der Waals surface area contributed by atoms with Crippen molar-refractivity contribution in [2.75, 3.05) is 22.8 Å². The van der Waals surface area contributed by atoms with Crippen LogP contribution in [0.1, 0.15) is 18.1 Å². The van der Waals surface area contributed by atoms with Gasteiger partial charge in [0.15, 0.2) is 11.7 Å². The molecule has 5 rings (SSSR count). The largest absolute Gasteiger partial charge is 0.341 e. The molecule has 1 fully saturated rings. The molecule has 0 bridgehead atoms. The second-order valence-corrected chi connectivity index (χ2v) is 13.3. The fraction of sp³-hybridized carbons (Fsp3) is 0.222. The summed E-state index contributed by atoms with van der Waals surface area (Å²) in [7, 11) is -8.10. The van der Waals surface area contributed by atoms with Gasteiger partial charge in [0, 0.05) is 18.8 Å². The summed E-state index contributed by atoms with van der Waals surface area (Å²) in [6.45, 7) is 1.76. The highest BCUT2D eigenvalue weighted by molar-refractivity contribution is 7.92. The van der Waals surface area contributed by atoms with Gasteiger partial charge in [0.1, 0.15) is 16.5 Å². The van der Waals surface area contributed by atoms with E-state index in [2.05, 4.69) is 14.4 Å². The number of amidine groups is 1. The van der Waals surface area contributed by atoms with E-state index in [-0.39, 0.29) is 35.2 Å². The SMILES string of the molecule is CC1(c2ccccc2)CN(Cc2ccc(F)cc2)C(=O)C(C2=NS(=O)(=O)c3cc(NS(C)(=O)=O)ccc3N2)C1=O. The Morgan fingerprint density at radius 2 is 1.75 bits per heavy atom. The predicted octanol–water partition coefficient (Wildman–Crippen LogP) is 2.90. The summed E-state index contributed by atoms with van der Waals surface area (Å²) in [5, 5.41) is 2.83. The summed E-state index contributed by atoms with van der Waals surface area (Å²) >= 11 is 0. The molecule has 3 aromatic carbocycles. The van der Waals surface area contributed by atoms with E-state index in [0.717, 1.165) is 12.3 Å². The van der Waals surface area contributed by atoms with Crippen molar-refractivity contribution in [1.29, 1.82) is 0 Å². The number of carbonyl (C=O) groups excluding carboxylic acids is 2. The number of hydrogen-bond acceptors (Lipinski definition) is 7. The molecule has 0 aliphatic carbocycles. The van der Waals surface area contributed by atoms with Gasteiger partial charge in [-0.25, -0.2) is 12.8 Å². The third-order valence-corrected chi connectivity index (χ3v) is 8.82. The van der Waals surface area contributed by atoms with E-state index in [0.29, 0.717) is 11.1 Å². The van der Waals surface area contributed by atoms with Gasteiger partial charge in [0.25, 0.3) is 10.0 Å². The molecule has 0 spiro atoms. The highest BCUT2D eigenvalue weighted by Gasteiger charge is 2.52. The maximum absolute atomic E-state index is 14.0. The van der Waals surface area contributed by atoms with Crippen LogP contribution in [0.2, 0.25) is 0 Å². The highest BCUT2D eigenvalue weighted by Crippen LogP contribution is 2.38. The number of fused-ring (bicyclic) bond motifs is 1. The van der Waals surface area contributed by atoms with E-state index in [4.69, 9.17) is 0 Å². The quantitative estimate of drug-likeness (QED) is 0.424. The number of hydrogen-bond donors (Lipinski definition) is 2. The number of carbonyl (C=O) groups is 2. The van der Waals surface area contributed by atoms with Gasteiger partial charge in [-0.05, 0) is 48.4 Å². The first-order valence-corrected chi connectivity index (χ1v) is 15.5. The minimum absolute atomic E-state index is 0.0113. The molecular weight excluding hydrogens is 559 g/mol. The summed E-state index contributed by atoms with van der Waals surface area (Å²) in [4.78, 5) is 29.0. The van der Waals surface area contributed by atoms with Gasteiger partial charge in [0.05, 0.1) is 17.4 Å². The van der Waals surface area contributed by atoms with Crippen molar-refractivity contribution in [1.82, 2.24) is 4.90 Å². The standard InChI is InChI=1S/C27H25FN4O6S2/c1-27(18-6-4-3-5-7-18)16-32(15-17-8-10-19(28)11-9-17)26(34)23(24(27)33)25-29-21-13-12-20(30-39(2,35)36)14-22(21)40(37,38)31-25/h3-14,23,30H,15-16H2,1-2H3,(H,29,31). The van der Waals surface area contributed by atoms with Crippen LogP contribution in [0.5, 0.6) is 0 Å². The summed E-state index contributed by atoms with van der Waals surface area (Å²) in [5.74, 6) is -3.54. The Morgan fingerprint density at radius 1 is 1.07 bits per heavy atom. The summed E-state index contributed by atoms with van der Waals surface area (Å²) < 4.78 is 69.2. The molecule has 0 aromatic heterocycles. The molecule has 2 aliphatic heterocycles. The van der Waals surface area contributed by atoms with Crippen LogP contribution in [0.15, 0.2) is 82.1 Å². The van der Waals surface area contributed by atoms with Gasteiger partial charge in [0.2, 0.25) is 15.9 Å². The lowest BCUT2D eigenvalue weighted by Crippen LogP contribution is -2.61. The molecule has 2 heterocycles. The van der Waals surface area contributed by atoms with E-state index in [1.807, 2.05) is 0 Å². The van der Waals surface area contributed by atoms with E-state index in [1.165, 1.54) is 41.3 Å². The second kappa shape index (κ2) is 9.82. The lowest BCUT2D eigenvalue weighted by atomic mass is 9.70. The van der Waals surface area contributed by atoms with Crippen LogP contribution >= 0.6 is 0 Å². The maximum Gasteiger partial charge on any atom is 0.286 e. The first kappa shape index (κ1) is 27.5. The number of nitrogens with one attached hydrogen (secondary N) is 2. The zero-order valence-electron chi connectivity index (χ0n) is 21.5. The van der Waals surface area contributed by atoms with Crippen LogP contribution in [-0.4, -0.2) is 52.1 Å². The van der Waals surface area contributed by atoms with Crippen LogP contribution in [0.3, 0.4) is 0 Å². The van der Waals surface area contributed by atoms with Gasteiger partial charge in [-0.2, -0.15) is 8.42 Å². The first-order chi connectivity index (χ1) is 18.8. The fourth-order valence-electron chi connectivity index (χ4n) is 4.96. The van der Waals surface area contributed by atoms with Crippen LogP contribution in [-0.2, 0) is 41.6 Å². The number of piperidine rings is 1. The molecule has 1 amide bonds. The molecule has 3 aromatic rings. The monoisotopic (exact) mass is 584 g/mol. The zero-order chi connectivity index (χ0) is 28.9. The second-order valence-electron chi connectivity index (χ2n) is 9.98. The number of ketones is 1. The number of halogens is 1. The zero-order valence-corrected chi connectivity index (χ0v) is 23.1. The van der Waals surface area contributed by atoms with E-state index < -0.39 is 48.9 Å². The van der Waals surface area contributed by atoms with E-state index in [1.54, 1.807) is 37.3 Å². The Morgan fingerprint density at radius 3 is 2.40 bits per heavy atom. The topological polar surface area (TPSA) is 142 Å². The molecule has 2 atom stereocenters.